The van der Waals surface area contributed by atoms with E-state index in [4.69, 9.17) is 21.8 Å². The number of hydrogen-bond acceptors (Lipinski definition) is 4. The van der Waals surface area contributed by atoms with Gasteiger partial charge in [0.15, 0.2) is 0 Å². The smallest absolute Gasteiger partial charge is 0.138 e. The van der Waals surface area contributed by atoms with Crippen LogP contribution in [-0.2, 0) is 0 Å². The van der Waals surface area contributed by atoms with Crippen LogP contribution < -0.4 is 11.5 Å². The molecule has 0 heterocycles. The highest BCUT2D eigenvalue weighted by molar-refractivity contribution is 9.10. The van der Waals surface area contributed by atoms with Gasteiger partial charge in [0, 0.05) is 17.6 Å². The average Bonchev–Trinajstić information content (AvgIpc) is 2.40. The zero-order chi connectivity index (χ0) is 14.3. The highest BCUT2D eigenvalue weighted by Crippen LogP contribution is 2.17. The summed E-state index contributed by atoms with van der Waals surface area (Å²) in [5.41, 5.74) is 12.8. The lowest BCUT2D eigenvalue weighted by Gasteiger charge is -2.06. The van der Waals surface area contributed by atoms with Crippen molar-refractivity contribution >= 4 is 27.5 Å². The third kappa shape index (κ3) is 4.39. The van der Waals surface area contributed by atoms with Crippen LogP contribution in [-0.4, -0.2) is 24.1 Å². The molecule has 19 heavy (non-hydrogen) atoms. The van der Waals surface area contributed by atoms with Crippen LogP contribution in [0.15, 0.2) is 39.3 Å². The van der Waals surface area contributed by atoms with Crippen molar-refractivity contribution in [2.75, 3.05) is 13.2 Å². The van der Waals surface area contributed by atoms with Gasteiger partial charge in [-0.05, 0) is 24.1 Å². The van der Waals surface area contributed by atoms with E-state index in [9.17, 15) is 0 Å². The molecule has 0 aromatic heterocycles. The van der Waals surface area contributed by atoms with Gasteiger partial charge in [-0.25, -0.2) is 0 Å². The van der Waals surface area contributed by atoms with E-state index in [1.807, 2.05) is 18.2 Å². The maximum Gasteiger partial charge on any atom is 0.138 e. The van der Waals surface area contributed by atoms with Gasteiger partial charge in [-0.15, -0.1) is 0 Å². The predicted octanol–water partition coefficient (Wildman–Crippen LogP) is 1.38. The van der Waals surface area contributed by atoms with Crippen LogP contribution >= 0.6 is 15.9 Å². The van der Waals surface area contributed by atoms with E-state index in [-0.39, 0.29) is 18.0 Å². The van der Waals surface area contributed by atoms with Crippen molar-refractivity contribution in [2.24, 2.45) is 16.5 Å². The summed E-state index contributed by atoms with van der Waals surface area (Å²) in [6.07, 6.45) is 0.498. The standard InChI is InChI=1S/C13H15BrN4O/c14-10-4-2-9(3-5-10)12(16)11(8-15)13(17)18-6-1-7-19/h2-5,19H,1,6-7,16H2,(H2,17,18)/b12-11-. The van der Waals surface area contributed by atoms with Crippen molar-refractivity contribution in [1.29, 1.82) is 5.26 Å². The molecule has 5 nitrogen and oxygen atoms in total. The molecule has 1 aromatic rings. The van der Waals surface area contributed by atoms with Crippen molar-refractivity contribution in [1.82, 2.24) is 0 Å². The molecule has 1 rings (SSSR count). The van der Waals surface area contributed by atoms with E-state index in [2.05, 4.69) is 20.9 Å². The van der Waals surface area contributed by atoms with Gasteiger partial charge in [-0.2, -0.15) is 5.26 Å². The molecule has 100 valence electrons. The van der Waals surface area contributed by atoms with Crippen LogP contribution in [0.4, 0.5) is 0 Å². The van der Waals surface area contributed by atoms with Gasteiger partial charge in [0.1, 0.15) is 17.5 Å². The maximum atomic E-state index is 9.13. The number of aliphatic imine (C=N–C) groups is 1. The number of hydrogen-bond donors (Lipinski definition) is 3. The molecule has 0 fully saturated rings. The number of benzene rings is 1. The number of rotatable bonds is 5. The molecule has 1 aromatic carbocycles. The minimum atomic E-state index is 0.0323. The second kappa shape index (κ2) is 7.56. The first kappa shape index (κ1) is 15.2. The third-order valence-electron chi connectivity index (χ3n) is 2.39. The highest BCUT2D eigenvalue weighted by Gasteiger charge is 2.09. The largest absolute Gasteiger partial charge is 0.397 e. The zero-order valence-corrected chi connectivity index (χ0v) is 11.9. The summed E-state index contributed by atoms with van der Waals surface area (Å²) in [5, 5.41) is 17.8. The van der Waals surface area contributed by atoms with E-state index in [1.165, 1.54) is 0 Å². The fourth-order valence-electron chi connectivity index (χ4n) is 1.38. The quantitative estimate of drug-likeness (QED) is 0.329. The number of nitrogens with zero attached hydrogens (tertiary/aromatic N) is 2. The third-order valence-corrected chi connectivity index (χ3v) is 2.92. The Morgan fingerprint density at radius 2 is 1.95 bits per heavy atom. The van der Waals surface area contributed by atoms with Gasteiger partial charge < -0.3 is 16.6 Å². The van der Waals surface area contributed by atoms with Crippen LogP contribution in [0.3, 0.4) is 0 Å². The molecule has 0 saturated heterocycles. The topological polar surface area (TPSA) is 108 Å². The summed E-state index contributed by atoms with van der Waals surface area (Å²) < 4.78 is 0.923. The van der Waals surface area contributed by atoms with E-state index < -0.39 is 0 Å². The minimum absolute atomic E-state index is 0.0323. The molecule has 0 aliphatic rings. The van der Waals surface area contributed by atoms with Crippen LogP contribution in [0.25, 0.3) is 5.70 Å². The first-order chi connectivity index (χ1) is 9.10. The summed E-state index contributed by atoms with van der Waals surface area (Å²) in [6.45, 7) is 0.395. The maximum absolute atomic E-state index is 9.13. The van der Waals surface area contributed by atoms with Crippen molar-refractivity contribution < 1.29 is 5.11 Å². The molecule has 0 unspecified atom stereocenters. The average molecular weight is 323 g/mol. The van der Waals surface area contributed by atoms with Crippen molar-refractivity contribution in [3.05, 3.63) is 39.9 Å². The van der Waals surface area contributed by atoms with Crippen molar-refractivity contribution in [3.8, 4) is 6.07 Å². The Morgan fingerprint density at radius 1 is 1.32 bits per heavy atom. The second-order valence-corrected chi connectivity index (χ2v) is 4.67. The Bertz CT molecular complexity index is 529. The molecule has 0 aliphatic carbocycles. The molecule has 0 aliphatic heterocycles. The fraction of sp³-hybridized carbons (Fsp3) is 0.231. The molecule has 0 spiro atoms. The van der Waals surface area contributed by atoms with Gasteiger partial charge in [-0.3, -0.25) is 4.99 Å². The van der Waals surface area contributed by atoms with E-state index >= 15 is 0 Å². The summed E-state index contributed by atoms with van der Waals surface area (Å²) >= 11 is 3.33. The van der Waals surface area contributed by atoms with Gasteiger partial charge in [0.05, 0.1) is 5.70 Å². The lowest BCUT2D eigenvalue weighted by atomic mass is 10.1. The number of nitriles is 1. The van der Waals surface area contributed by atoms with Crippen LogP contribution in [0.1, 0.15) is 12.0 Å². The Morgan fingerprint density at radius 3 is 2.47 bits per heavy atom. The Kier molecular flexibility index (Phi) is 6.06. The summed E-state index contributed by atoms with van der Waals surface area (Å²) in [4.78, 5) is 4.01. The first-order valence-corrected chi connectivity index (χ1v) is 6.46. The second-order valence-electron chi connectivity index (χ2n) is 3.75. The first-order valence-electron chi connectivity index (χ1n) is 5.67. The van der Waals surface area contributed by atoms with Crippen molar-refractivity contribution in [3.63, 3.8) is 0 Å². The number of nitrogens with two attached hydrogens (primary N) is 2. The number of halogens is 1. The molecular weight excluding hydrogens is 308 g/mol. The van der Waals surface area contributed by atoms with Crippen LogP contribution in [0.5, 0.6) is 0 Å². The molecule has 0 bridgehead atoms. The van der Waals surface area contributed by atoms with Gasteiger partial charge in [0.25, 0.3) is 0 Å². The lowest BCUT2D eigenvalue weighted by molar-refractivity contribution is 0.291. The summed E-state index contributed by atoms with van der Waals surface area (Å²) in [6, 6.07) is 9.20. The SMILES string of the molecule is N#C/C(C(N)=NCCCO)=C(/N)c1ccc(Br)cc1. The lowest BCUT2D eigenvalue weighted by Crippen LogP contribution is -2.18. The highest BCUT2D eigenvalue weighted by atomic mass is 79.9. The normalized spacial score (nSPS) is 12.8. The molecular formula is C13H15BrN4O. The summed E-state index contributed by atoms with van der Waals surface area (Å²) in [5.74, 6) is 0.0939. The molecule has 5 N–H and O–H groups in total. The summed E-state index contributed by atoms with van der Waals surface area (Å²) in [7, 11) is 0. The molecule has 0 saturated carbocycles. The van der Waals surface area contributed by atoms with E-state index in [0.29, 0.717) is 24.2 Å². The number of aliphatic hydroxyl groups is 1. The van der Waals surface area contributed by atoms with E-state index in [0.717, 1.165) is 4.47 Å². The van der Waals surface area contributed by atoms with Crippen molar-refractivity contribution in [2.45, 2.75) is 6.42 Å². The monoisotopic (exact) mass is 322 g/mol. The van der Waals surface area contributed by atoms with Crippen LogP contribution in [0, 0.1) is 11.3 Å². The Balaban J connectivity index is 3.05. The van der Waals surface area contributed by atoms with Gasteiger partial charge >= 0.3 is 0 Å². The Labute approximate surface area is 120 Å². The predicted molar refractivity (Wildman–Crippen MR) is 79.1 cm³/mol. The van der Waals surface area contributed by atoms with Gasteiger partial charge in [-0.1, -0.05) is 28.1 Å². The molecule has 6 heteroatoms. The molecule has 0 atom stereocenters. The zero-order valence-electron chi connectivity index (χ0n) is 10.3. The minimum Gasteiger partial charge on any atom is -0.397 e. The van der Waals surface area contributed by atoms with Crippen LogP contribution in [0.2, 0.25) is 0 Å². The molecule has 0 radical (unpaired) electrons. The number of aliphatic hydroxyl groups excluding tert-OH is 1. The Hall–Kier alpha value is -1.84. The van der Waals surface area contributed by atoms with E-state index in [1.54, 1.807) is 12.1 Å². The van der Waals surface area contributed by atoms with Gasteiger partial charge in [0.2, 0.25) is 0 Å². The molecule has 0 amide bonds. The number of amidine groups is 1. The fourth-order valence-corrected chi connectivity index (χ4v) is 1.64.